The molecule has 3 rings (SSSR count). The predicted octanol–water partition coefficient (Wildman–Crippen LogP) is 3.84. The van der Waals surface area contributed by atoms with Crippen LogP contribution in [0.15, 0.2) is 61.1 Å². The minimum Gasteiger partial charge on any atom is -0.267 e. The lowest BCUT2D eigenvalue weighted by atomic mass is 10.0. The molecule has 0 radical (unpaired) electrons. The average Bonchev–Trinajstić information content (AvgIpc) is 3.20. The van der Waals surface area contributed by atoms with Crippen molar-refractivity contribution >= 4 is 11.7 Å². The van der Waals surface area contributed by atoms with E-state index in [0.717, 1.165) is 16.0 Å². The van der Waals surface area contributed by atoms with E-state index in [1.165, 1.54) is 12.3 Å². The van der Waals surface area contributed by atoms with E-state index in [1.54, 1.807) is 12.1 Å². The molecule has 0 saturated heterocycles. The van der Waals surface area contributed by atoms with Crippen LogP contribution in [0.2, 0.25) is 0 Å². The number of hydrazine groups is 1. The van der Waals surface area contributed by atoms with Crippen molar-refractivity contribution in [3.05, 3.63) is 72.2 Å². The van der Waals surface area contributed by atoms with Crippen LogP contribution in [-0.2, 0) is 23.7 Å². The number of alkyl halides is 6. The maximum absolute atomic E-state index is 13.0. The summed E-state index contributed by atoms with van der Waals surface area (Å²) in [5.74, 6) is 4.73. The molecule has 0 aliphatic rings. The van der Waals surface area contributed by atoms with Crippen LogP contribution in [0.1, 0.15) is 11.1 Å². The quantitative estimate of drug-likeness (QED) is 0.207. The fraction of sp³-hybridized carbons (Fsp3) is 0.158. The van der Waals surface area contributed by atoms with Crippen molar-refractivity contribution < 1.29 is 31.1 Å². The van der Waals surface area contributed by atoms with Gasteiger partial charge in [0.2, 0.25) is 0 Å². The molecule has 2 heterocycles. The molecule has 0 unspecified atom stereocenters. The number of anilines is 1. The second kappa shape index (κ2) is 8.42. The van der Waals surface area contributed by atoms with Gasteiger partial charge in [-0.25, -0.2) is 25.5 Å². The Morgan fingerprint density at radius 1 is 1.03 bits per heavy atom. The summed E-state index contributed by atoms with van der Waals surface area (Å²) in [4.78, 5) is 20.0. The number of nitrogens with zero attached hydrogens (tertiary/aromatic N) is 5. The largest absolute Gasteiger partial charge is 0.416 e. The topological polar surface area (TPSA) is 89.9 Å². The first-order valence-corrected chi connectivity index (χ1v) is 8.73. The zero-order valence-electron chi connectivity index (χ0n) is 16.0. The number of aromatic nitrogens is 4. The smallest absolute Gasteiger partial charge is 0.267 e. The van der Waals surface area contributed by atoms with Gasteiger partial charge in [-0.05, 0) is 30.3 Å². The van der Waals surface area contributed by atoms with Gasteiger partial charge in [0.15, 0.2) is 5.82 Å². The third-order valence-electron chi connectivity index (χ3n) is 4.15. The third-order valence-corrected chi connectivity index (χ3v) is 4.15. The average molecular weight is 456 g/mol. The molecule has 0 bridgehead atoms. The monoisotopic (exact) mass is 456 g/mol. The molecule has 32 heavy (non-hydrogen) atoms. The fourth-order valence-corrected chi connectivity index (χ4v) is 2.62. The van der Waals surface area contributed by atoms with E-state index in [4.69, 9.17) is 5.84 Å². The van der Waals surface area contributed by atoms with E-state index < -0.39 is 40.8 Å². The molecule has 0 fully saturated rings. The van der Waals surface area contributed by atoms with E-state index in [0.29, 0.717) is 12.1 Å². The zero-order chi connectivity index (χ0) is 23.7. The Balaban J connectivity index is 1.84. The summed E-state index contributed by atoms with van der Waals surface area (Å²) in [7, 11) is 0. The highest BCUT2D eigenvalue weighted by Crippen LogP contribution is 2.38. The highest BCUT2D eigenvalue weighted by Gasteiger charge is 2.37. The molecular weight excluding hydrogens is 442 g/mol. The van der Waals surface area contributed by atoms with Crippen LogP contribution >= 0.6 is 0 Å². The second-order valence-corrected chi connectivity index (χ2v) is 6.53. The highest BCUT2D eigenvalue weighted by molar-refractivity contribution is 6.03. The third kappa shape index (κ3) is 5.11. The first-order valence-electron chi connectivity index (χ1n) is 8.73. The van der Waals surface area contributed by atoms with Gasteiger partial charge in [0, 0.05) is 17.3 Å². The molecule has 1 amide bonds. The number of carbonyl (C=O) groups excluding carboxylic acids is 1. The normalized spacial score (nSPS) is 12.0. The van der Waals surface area contributed by atoms with Crippen molar-refractivity contribution in [3.63, 3.8) is 0 Å². The Bertz CT molecular complexity index is 1110. The minimum absolute atomic E-state index is 0.00839. The first kappa shape index (κ1) is 22.9. The van der Waals surface area contributed by atoms with Gasteiger partial charge in [0.05, 0.1) is 17.7 Å². The van der Waals surface area contributed by atoms with Crippen molar-refractivity contribution in [2.24, 2.45) is 5.84 Å². The summed E-state index contributed by atoms with van der Waals surface area (Å²) in [5.41, 5.74) is -3.55. The molecule has 0 saturated carbocycles. The molecule has 2 N–H and O–H groups in total. The number of rotatable bonds is 5. The van der Waals surface area contributed by atoms with Gasteiger partial charge in [-0.1, -0.05) is 12.6 Å². The number of amides is 1. The summed E-state index contributed by atoms with van der Waals surface area (Å²) in [6.07, 6.45) is -7.55. The molecule has 0 atom stereocenters. The summed E-state index contributed by atoms with van der Waals surface area (Å²) in [6.45, 7) is 3.32. The van der Waals surface area contributed by atoms with E-state index in [9.17, 15) is 31.1 Å². The van der Waals surface area contributed by atoms with Crippen LogP contribution in [0.5, 0.6) is 0 Å². The van der Waals surface area contributed by atoms with Gasteiger partial charge in [0.25, 0.3) is 5.91 Å². The van der Waals surface area contributed by atoms with Crippen LogP contribution in [-0.4, -0.2) is 25.7 Å². The summed E-state index contributed by atoms with van der Waals surface area (Å²) < 4.78 is 79.3. The first-order chi connectivity index (χ1) is 14.9. The molecule has 0 aliphatic carbocycles. The number of benzene rings is 1. The Kier molecular flexibility index (Phi) is 6.03. The lowest BCUT2D eigenvalue weighted by Gasteiger charge is -2.16. The number of hydrogen-bond acceptors (Lipinski definition) is 5. The Morgan fingerprint density at radius 3 is 2.19 bits per heavy atom. The van der Waals surface area contributed by atoms with Crippen LogP contribution in [0.4, 0.5) is 32.2 Å². The van der Waals surface area contributed by atoms with Crippen molar-refractivity contribution in [3.8, 4) is 11.4 Å². The Labute approximate surface area is 176 Å². The molecule has 7 nitrogen and oxygen atoms in total. The van der Waals surface area contributed by atoms with Gasteiger partial charge in [-0.2, -0.15) is 31.4 Å². The van der Waals surface area contributed by atoms with Crippen molar-refractivity contribution in [1.29, 1.82) is 0 Å². The Morgan fingerprint density at radius 2 is 1.66 bits per heavy atom. The van der Waals surface area contributed by atoms with Gasteiger partial charge >= 0.3 is 12.4 Å². The lowest BCUT2D eigenvalue weighted by Crippen LogP contribution is -2.39. The summed E-state index contributed by atoms with van der Waals surface area (Å²) >= 11 is 0. The van der Waals surface area contributed by atoms with E-state index >= 15 is 0 Å². The second-order valence-electron chi connectivity index (χ2n) is 6.53. The van der Waals surface area contributed by atoms with Crippen LogP contribution < -0.4 is 10.9 Å². The number of nitrogens with two attached hydrogens (primary N) is 1. The standard InChI is InChI=1S/C19H14F6N6O/c1-11(17(32)31(26)15-4-2-3-5-27-15)9-30-10-28-16(29-30)12-6-13(18(20,21)22)8-14(7-12)19(23,24)25/h2-8,10H,1,9,26H2. The SMILES string of the molecule is C=C(Cn1cnc(-c2cc(C(F)(F)F)cc(C(F)(F)F)c2)n1)C(=O)N(N)c1ccccn1. The van der Waals surface area contributed by atoms with Gasteiger partial charge in [-0.15, -0.1) is 0 Å². The minimum atomic E-state index is -5.00. The highest BCUT2D eigenvalue weighted by atomic mass is 19.4. The molecule has 3 aromatic rings. The number of halogens is 6. The fourth-order valence-electron chi connectivity index (χ4n) is 2.62. The summed E-state index contributed by atoms with van der Waals surface area (Å²) in [6, 6.07) is 5.73. The molecule has 168 valence electrons. The number of pyridine rings is 1. The molecular formula is C19H14F6N6O. The molecule has 13 heteroatoms. The maximum atomic E-state index is 13.0. The predicted molar refractivity (Wildman–Crippen MR) is 101 cm³/mol. The van der Waals surface area contributed by atoms with Gasteiger partial charge in [0.1, 0.15) is 12.1 Å². The summed E-state index contributed by atoms with van der Waals surface area (Å²) in [5, 5.41) is 4.60. The van der Waals surface area contributed by atoms with Gasteiger partial charge in [-0.3, -0.25) is 4.79 Å². The Hall–Kier alpha value is -3.74. The molecule has 2 aromatic heterocycles. The van der Waals surface area contributed by atoms with E-state index in [2.05, 4.69) is 21.6 Å². The van der Waals surface area contributed by atoms with Crippen molar-refractivity contribution in [1.82, 2.24) is 19.7 Å². The van der Waals surface area contributed by atoms with Crippen LogP contribution in [0.25, 0.3) is 11.4 Å². The molecule has 1 aromatic carbocycles. The van der Waals surface area contributed by atoms with Crippen molar-refractivity contribution in [2.75, 3.05) is 5.01 Å². The van der Waals surface area contributed by atoms with E-state index in [-0.39, 0.29) is 24.0 Å². The van der Waals surface area contributed by atoms with Crippen LogP contribution in [0, 0.1) is 0 Å². The molecule has 0 spiro atoms. The molecule has 0 aliphatic heterocycles. The zero-order valence-corrected chi connectivity index (χ0v) is 16.0. The van der Waals surface area contributed by atoms with E-state index in [1.807, 2.05) is 0 Å². The van der Waals surface area contributed by atoms with Crippen LogP contribution in [0.3, 0.4) is 0 Å². The van der Waals surface area contributed by atoms with Gasteiger partial charge < -0.3 is 0 Å². The number of carbonyl (C=O) groups is 1. The lowest BCUT2D eigenvalue weighted by molar-refractivity contribution is -0.143. The number of hydrogen-bond donors (Lipinski definition) is 1. The van der Waals surface area contributed by atoms with Crippen molar-refractivity contribution in [2.45, 2.75) is 18.9 Å². The maximum Gasteiger partial charge on any atom is 0.416 e.